The molecule has 3 rings (SSSR count). The normalized spacial score (nSPS) is 10.9. The van der Waals surface area contributed by atoms with Crippen molar-refractivity contribution in [3.05, 3.63) is 66.1 Å². The van der Waals surface area contributed by atoms with E-state index in [0.29, 0.717) is 11.9 Å². The van der Waals surface area contributed by atoms with Crippen LogP contribution >= 0.6 is 0 Å². The fraction of sp³-hybridized carbons (Fsp3) is 0.0667. The molecule has 3 aromatic rings. The summed E-state index contributed by atoms with van der Waals surface area (Å²) in [5.74, 6) is -0.188. The Morgan fingerprint density at radius 1 is 1.00 bits per heavy atom. The monoisotopic (exact) mass is 240 g/mol. The minimum absolute atomic E-state index is 0.188. The van der Waals surface area contributed by atoms with Crippen LogP contribution in [-0.2, 0) is 6.54 Å². The number of nitrogens with zero attached hydrogens (tertiary/aromatic N) is 1. The Morgan fingerprint density at radius 2 is 1.83 bits per heavy atom. The van der Waals surface area contributed by atoms with Gasteiger partial charge in [-0.2, -0.15) is 0 Å². The minimum atomic E-state index is -0.188. The maximum Gasteiger partial charge on any atom is 0.132 e. The molecule has 2 aromatic carbocycles. The van der Waals surface area contributed by atoms with Gasteiger partial charge in [-0.25, -0.2) is 4.39 Å². The number of benzene rings is 2. The van der Waals surface area contributed by atoms with Crippen LogP contribution in [0.1, 0.15) is 5.56 Å². The van der Waals surface area contributed by atoms with E-state index >= 15 is 0 Å². The highest BCUT2D eigenvalue weighted by atomic mass is 19.1. The Morgan fingerprint density at radius 3 is 2.67 bits per heavy atom. The Bertz CT molecular complexity index is 701. The molecular weight excluding hydrogens is 227 g/mol. The van der Waals surface area contributed by atoms with Gasteiger partial charge in [-0.3, -0.25) is 0 Å². The van der Waals surface area contributed by atoms with Crippen molar-refractivity contribution < 1.29 is 4.39 Å². The highest BCUT2D eigenvalue weighted by molar-refractivity contribution is 5.80. The van der Waals surface area contributed by atoms with Crippen LogP contribution in [0, 0.1) is 5.82 Å². The molecule has 90 valence electrons. The van der Waals surface area contributed by atoms with Crippen molar-refractivity contribution in [1.29, 1.82) is 0 Å². The van der Waals surface area contributed by atoms with E-state index in [1.54, 1.807) is 12.1 Å². The van der Waals surface area contributed by atoms with Crippen LogP contribution in [0.5, 0.6) is 0 Å². The number of aromatic nitrogens is 1. The van der Waals surface area contributed by atoms with E-state index in [-0.39, 0.29) is 5.82 Å². The topological polar surface area (TPSA) is 30.9 Å². The van der Waals surface area contributed by atoms with Gasteiger partial charge in [-0.05, 0) is 29.8 Å². The zero-order valence-corrected chi connectivity index (χ0v) is 9.81. The highest BCUT2D eigenvalue weighted by Crippen LogP contribution is 2.21. The quantitative estimate of drug-likeness (QED) is 0.684. The number of para-hydroxylation sites is 1. The van der Waals surface area contributed by atoms with E-state index in [9.17, 15) is 4.39 Å². The number of nitrogens with two attached hydrogens (primary N) is 1. The summed E-state index contributed by atoms with van der Waals surface area (Å²) in [4.78, 5) is 0. The largest absolute Gasteiger partial charge is 0.398 e. The SMILES string of the molecule is Nc1ccccc1Cn1ccc2c(F)cccc21. The molecule has 2 nitrogen and oxygen atoms in total. The fourth-order valence-corrected chi connectivity index (χ4v) is 2.19. The lowest BCUT2D eigenvalue weighted by molar-refractivity contribution is 0.639. The number of hydrogen-bond donors (Lipinski definition) is 1. The molecule has 18 heavy (non-hydrogen) atoms. The summed E-state index contributed by atoms with van der Waals surface area (Å²) in [5.41, 5.74) is 8.61. The van der Waals surface area contributed by atoms with Gasteiger partial charge < -0.3 is 10.3 Å². The fourth-order valence-electron chi connectivity index (χ4n) is 2.19. The first-order valence-corrected chi connectivity index (χ1v) is 5.82. The summed E-state index contributed by atoms with van der Waals surface area (Å²) in [6.45, 7) is 0.652. The highest BCUT2D eigenvalue weighted by Gasteiger charge is 2.06. The van der Waals surface area contributed by atoms with Crippen molar-refractivity contribution in [3.8, 4) is 0 Å². The molecule has 0 atom stereocenters. The molecule has 0 saturated heterocycles. The Labute approximate surface area is 104 Å². The van der Waals surface area contributed by atoms with E-state index in [2.05, 4.69) is 0 Å². The van der Waals surface area contributed by atoms with E-state index < -0.39 is 0 Å². The van der Waals surface area contributed by atoms with Gasteiger partial charge in [0.2, 0.25) is 0 Å². The van der Waals surface area contributed by atoms with Gasteiger partial charge in [-0.15, -0.1) is 0 Å². The third-order valence-electron chi connectivity index (χ3n) is 3.16. The van der Waals surface area contributed by atoms with E-state index in [1.165, 1.54) is 6.07 Å². The lowest BCUT2D eigenvalue weighted by Gasteiger charge is -2.08. The van der Waals surface area contributed by atoms with Crippen molar-refractivity contribution in [2.45, 2.75) is 6.54 Å². The zero-order valence-electron chi connectivity index (χ0n) is 9.81. The van der Waals surface area contributed by atoms with Crippen molar-refractivity contribution >= 4 is 16.6 Å². The molecule has 0 saturated carbocycles. The molecule has 1 aromatic heterocycles. The maximum atomic E-state index is 13.6. The summed E-state index contributed by atoms with van der Waals surface area (Å²) < 4.78 is 15.6. The number of rotatable bonds is 2. The Kier molecular flexibility index (Phi) is 2.52. The molecule has 0 unspecified atom stereocenters. The lowest BCUT2D eigenvalue weighted by Crippen LogP contribution is -2.01. The van der Waals surface area contributed by atoms with Gasteiger partial charge in [-0.1, -0.05) is 24.3 Å². The van der Waals surface area contributed by atoms with Gasteiger partial charge in [0.15, 0.2) is 0 Å². The minimum Gasteiger partial charge on any atom is -0.398 e. The number of nitrogen functional groups attached to an aromatic ring is 1. The molecule has 0 aliphatic rings. The third-order valence-corrected chi connectivity index (χ3v) is 3.16. The molecule has 0 fully saturated rings. The van der Waals surface area contributed by atoms with Crippen LogP contribution in [0.2, 0.25) is 0 Å². The van der Waals surface area contributed by atoms with Crippen LogP contribution in [-0.4, -0.2) is 4.57 Å². The number of halogens is 1. The molecule has 0 aliphatic carbocycles. The van der Waals surface area contributed by atoms with Crippen molar-refractivity contribution in [3.63, 3.8) is 0 Å². The third kappa shape index (κ3) is 1.74. The second kappa shape index (κ2) is 4.18. The van der Waals surface area contributed by atoms with Gasteiger partial charge in [0.25, 0.3) is 0 Å². The predicted octanol–water partition coefficient (Wildman–Crippen LogP) is 3.41. The first kappa shape index (κ1) is 10.8. The summed E-state index contributed by atoms with van der Waals surface area (Å²) in [6.07, 6.45) is 1.89. The molecule has 0 radical (unpaired) electrons. The maximum absolute atomic E-state index is 13.6. The molecule has 1 heterocycles. The summed E-state index contributed by atoms with van der Waals surface area (Å²) in [5, 5.41) is 0.645. The van der Waals surface area contributed by atoms with Gasteiger partial charge in [0, 0.05) is 23.8 Å². The van der Waals surface area contributed by atoms with Crippen molar-refractivity contribution in [1.82, 2.24) is 4.57 Å². The average molecular weight is 240 g/mol. The summed E-state index contributed by atoms with van der Waals surface area (Å²) in [7, 11) is 0. The van der Waals surface area contributed by atoms with Crippen LogP contribution < -0.4 is 5.73 Å². The second-order valence-corrected chi connectivity index (χ2v) is 4.32. The van der Waals surface area contributed by atoms with Gasteiger partial charge in [0.1, 0.15) is 5.82 Å². The van der Waals surface area contributed by atoms with Crippen LogP contribution in [0.4, 0.5) is 10.1 Å². The van der Waals surface area contributed by atoms with Crippen LogP contribution in [0.15, 0.2) is 54.7 Å². The van der Waals surface area contributed by atoms with Crippen LogP contribution in [0.25, 0.3) is 10.9 Å². The zero-order chi connectivity index (χ0) is 12.5. The molecule has 0 aliphatic heterocycles. The second-order valence-electron chi connectivity index (χ2n) is 4.32. The van der Waals surface area contributed by atoms with Crippen LogP contribution in [0.3, 0.4) is 0 Å². The number of anilines is 1. The predicted molar refractivity (Wildman–Crippen MR) is 71.9 cm³/mol. The first-order chi connectivity index (χ1) is 8.75. The molecule has 3 heteroatoms. The Hall–Kier alpha value is -2.29. The van der Waals surface area contributed by atoms with E-state index in [1.807, 2.05) is 41.1 Å². The first-order valence-electron chi connectivity index (χ1n) is 5.82. The lowest BCUT2D eigenvalue weighted by atomic mass is 10.2. The number of hydrogen-bond acceptors (Lipinski definition) is 1. The Balaban J connectivity index is 2.06. The van der Waals surface area contributed by atoms with Gasteiger partial charge >= 0.3 is 0 Å². The summed E-state index contributed by atoms with van der Waals surface area (Å²) >= 11 is 0. The van der Waals surface area contributed by atoms with Crippen molar-refractivity contribution in [2.24, 2.45) is 0 Å². The molecule has 0 amide bonds. The molecule has 0 bridgehead atoms. The van der Waals surface area contributed by atoms with Gasteiger partial charge in [0.05, 0.1) is 5.52 Å². The molecular formula is C15H13FN2. The smallest absolute Gasteiger partial charge is 0.132 e. The summed E-state index contributed by atoms with van der Waals surface area (Å²) in [6, 6.07) is 14.6. The number of fused-ring (bicyclic) bond motifs is 1. The van der Waals surface area contributed by atoms with Crippen molar-refractivity contribution in [2.75, 3.05) is 5.73 Å². The molecule has 2 N–H and O–H groups in total. The van der Waals surface area contributed by atoms with E-state index in [0.717, 1.165) is 16.8 Å². The average Bonchev–Trinajstić information content (AvgIpc) is 2.77. The standard InChI is InChI=1S/C15H13FN2/c16-13-5-3-7-15-12(13)8-9-18(15)10-11-4-1-2-6-14(11)17/h1-9H,10,17H2. The van der Waals surface area contributed by atoms with E-state index in [4.69, 9.17) is 5.73 Å². The molecule has 0 spiro atoms.